The van der Waals surface area contributed by atoms with Gasteiger partial charge in [-0.15, -0.1) is 0 Å². The predicted molar refractivity (Wildman–Crippen MR) is 62.8 cm³/mol. The maximum atomic E-state index is 5.49. The van der Waals surface area contributed by atoms with Gasteiger partial charge in [0.05, 0.1) is 0 Å². The van der Waals surface area contributed by atoms with Crippen LogP contribution in [0.3, 0.4) is 0 Å². The highest BCUT2D eigenvalue weighted by molar-refractivity contribution is 5.47. The Morgan fingerprint density at radius 3 is 2.07 bits per heavy atom. The quantitative estimate of drug-likeness (QED) is 0.591. The summed E-state index contributed by atoms with van der Waals surface area (Å²) in [5, 5.41) is 0. The number of anilines is 1. The van der Waals surface area contributed by atoms with Crippen LogP contribution in [0.5, 0.6) is 0 Å². The zero-order valence-corrected chi connectivity index (χ0v) is 10.1. The molecule has 0 aliphatic carbocycles. The molecule has 84 valence electrons. The van der Waals surface area contributed by atoms with Crippen LogP contribution in [0.1, 0.15) is 56.6 Å². The first-order valence-electron chi connectivity index (χ1n) is 5.32. The Morgan fingerprint density at radius 2 is 1.67 bits per heavy atom. The van der Waals surface area contributed by atoms with Crippen LogP contribution in [-0.4, -0.2) is 9.97 Å². The fourth-order valence-electron chi connectivity index (χ4n) is 1.66. The minimum absolute atomic E-state index is 0.317. The molecule has 4 heteroatoms. The number of nitrogens with two attached hydrogens (primary N) is 1. The molecule has 0 saturated heterocycles. The van der Waals surface area contributed by atoms with Crippen LogP contribution < -0.4 is 11.3 Å². The number of hydrogen-bond donors (Lipinski definition) is 2. The Bertz CT molecular complexity index is 345. The smallest absolute Gasteiger partial charge is 0.147 e. The van der Waals surface area contributed by atoms with Gasteiger partial charge in [0.1, 0.15) is 11.6 Å². The number of aryl methyl sites for hydroxylation is 1. The highest BCUT2D eigenvalue weighted by Crippen LogP contribution is 2.26. The average Bonchev–Trinajstić information content (AvgIpc) is 2.15. The molecule has 0 fully saturated rings. The molecule has 0 bridgehead atoms. The summed E-state index contributed by atoms with van der Waals surface area (Å²) in [6.07, 6.45) is 0. The van der Waals surface area contributed by atoms with Crippen molar-refractivity contribution in [2.24, 2.45) is 5.84 Å². The van der Waals surface area contributed by atoms with Gasteiger partial charge in [0.25, 0.3) is 0 Å². The lowest BCUT2D eigenvalue weighted by Crippen LogP contribution is -2.16. The molecule has 4 nitrogen and oxygen atoms in total. The Hall–Kier alpha value is -1.16. The maximum Gasteiger partial charge on any atom is 0.147 e. The highest BCUT2D eigenvalue weighted by atomic mass is 15.3. The highest BCUT2D eigenvalue weighted by Gasteiger charge is 2.15. The van der Waals surface area contributed by atoms with Crippen LogP contribution in [0, 0.1) is 6.92 Å². The molecule has 0 unspecified atom stereocenters. The molecule has 1 aromatic heterocycles. The van der Waals surface area contributed by atoms with E-state index >= 15 is 0 Å². The van der Waals surface area contributed by atoms with Gasteiger partial charge in [-0.3, -0.25) is 0 Å². The van der Waals surface area contributed by atoms with Gasteiger partial charge in [-0.2, -0.15) is 0 Å². The van der Waals surface area contributed by atoms with Crippen LogP contribution in [0.25, 0.3) is 0 Å². The number of hydrazine groups is 1. The van der Waals surface area contributed by atoms with Gasteiger partial charge in [0, 0.05) is 17.2 Å². The van der Waals surface area contributed by atoms with Gasteiger partial charge in [-0.1, -0.05) is 27.7 Å². The van der Waals surface area contributed by atoms with Crippen molar-refractivity contribution in [2.75, 3.05) is 5.43 Å². The molecule has 0 atom stereocenters. The van der Waals surface area contributed by atoms with Crippen molar-refractivity contribution in [3.05, 3.63) is 17.1 Å². The van der Waals surface area contributed by atoms with Gasteiger partial charge in [0.2, 0.25) is 0 Å². The first-order chi connectivity index (χ1) is 6.97. The van der Waals surface area contributed by atoms with E-state index in [9.17, 15) is 0 Å². The Labute approximate surface area is 91.3 Å². The normalized spacial score (nSPS) is 11.2. The maximum absolute atomic E-state index is 5.49. The molecule has 0 amide bonds. The summed E-state index contributed by atoms with van der Waals surface area (Å²) in [4.78, 5) is 8.92. The fraction of sp³-hybridized carbons (Fsp3) is 0.636. The lowest BCUT2D eigenvalue weighted by molar-refractivity contribution is 0.743. The number of nitrogens with zero attached hydrogens (tertiary/aromatic N) is 2. The first kappa shape index (κ1) is 11.9. The summed E-state index contributed by atoms with van der Waals surface area (Å²) in [7, 11) is 0. The van der Waals surface area contributed by atoms with E-state index in [1.807, 2.05) is 6.92 Å². The van der Waals surface area contributed by atoms with Crippen molar-refractivity contribution in [1.82, 2.24) is 9.97 Å². The summed E-state index contributed by atoms with van der Waals surface area (Å²) in [5.41, 5.74) is 4.77. The zero-order chi connectivity index (χ0) is 11.6. The van der Waals surface area contributed by atoms with E-state index in [2.05, 4.69) is 43.1 Å². The van der Waals surface area contributed by atoms with Crippen LogP contribution in [-0.2, 0) is 0 Å². The summed E-state index contributed by atoms with van der Waals surface area (Å²) in [6.45, 7) is 10.4. The van der Waals surface area contributed by atoms with E-state index in [4.69, 9.17) is 5.84 Å². The molecular formula is C11H20N4. The molecule has 1 aromatic rings. The summed E-state index contributed by atoms with van der Waals surface area (Å²) >= 11 is 0. The van der Waals surface area contributed by atoms with Gasteiger partial charge >= 0.3 is 0 Å². The Morgan fingerprint density at radius 1 is 1.07 bits per heavy atom. The molecule has 1 heterocycles. The van der Waals surface area contributed by atoms with E-state index in [1.54, 1.807) is 0 Å². The van der Waals surface area contributed by atoms with E-state index in [1.165, 1.54) is 0 Å². The van der Waals surface area contributed by atoms with Crippen LogP contribution in [0.15, 0.2) is 0 Å². The van der Waals surface area contributed by atoms with Crippen LogP contribution in [0.2, 0.25) is 0 Å². The van der Waals surface area contributed by atoms with Crippen molar-refractivity contribution >= 4 is 5.82 Å². The first-order valence-corrected chi connectivity index (χ1v) is 5.32. The second-order valence-corrected chi connectivity index (χ2v) is 4.38. The molecular weight excluding hydrogens is 188 g/mol. The van der Waals surface area contributed by atoms with Crippen molar-refractivity contribution in [1.29, 1.82) is 0 Å². The molecule has 0 aromatic carbocycles. The lowest BCUT2D eigenvalue weighted by atomic mass is 10.0. The molecule has 0 aliphatic heterocycles. The van der Waals surface area contributed by atoms with E-state index < -0.39 is 0 Å². The monoisotopic (exact) mass is 208 g/mol. The summed E-state index contributed by atoms with van der Waals surface area (Å²) < 4.78 is 0. The van der Waals surface area contributed by atoms with Crippen molar-refractivity contribution in [3.63, 3.8) is 0 Å². The minimum atomic E-state index is 0.317. The number of hydrogen-bond acceptors (Lipinski definition) is 4. The predicted octanol–water partition coefficient (Wildman–Crippen LogP) is 2.32. The standard InChI is InChI=1S/C11H20N4/c1-6(2)9-8(5)13-10(7(3)4)14-11(9)15-12/h6-7H,12H2,1-5H3,(H,13,14,15). The molecule has 0 spiro atoms. The zero-order valence-electron chi connectivity index (χ0n) is 10.1. The summed E-state index contributed by atoms with van der Waals surface area (Å²) in [6, 6.07) is 0. The van der Waals surface area contributed by atoms with Gasteiger partial charge in [-0.25, -0.2) is 15.8 Å². The molecule has 0 radical (unpaired) electrons. The fourth-order valence-corrected chi connectivity index (χ4v) is 1.66. The molecule has 1 rings (SSSR count). The third-order valence-corrected chi connectivity index (χ3v) is 2.38. The number of nitrogen functional groups attached to an aromatic ring is 1. The largest absolute Gasteiger partial charge is 0.308 e. The number of aromatic nitrogens is 2. The van der Waals surface area contributed by atoms with Crippen LogP contribution in [0.4, 0.5) is 5.82 Å². The van der Waals surface area contributed by atoms with Crippen molar-refractivity contribution in [2.45, 2.75) is 46.5 Å². The van der Waals surface area contributed by atoms with E-state index in [0.717, 1.165) is 22.9 Å². The van der Waals surface area contributed by atoms with Gasteiger partial charge in [0.15, 0.2) is 0 Å². The number of rotatable bonds is 3. The average molecular weight is 208 g/mol. The second-order valence-electron chi connectivity index (χ2n) is 4.38. The van der Waals surface area contributed by atoms with Crippen LogP contribution >= 0.6 is 0 Å². The lowest BCUT2D eigenvalue weighted by Gasteiger charge is -2.16. The van der Waals surface area contributed by atoms with Crippen molar-refractivity contribution < 1.29 is 0 Å². The molecule has 0 saturated carbocycles. The topological polar surface area (TPSA) is 63.8 Å². The Balaban J connectivity index is 3.31. The van der Waals surface area contributed by atoms with Gasteiger partial charge < -0.3 is 5.43 Å². The third kappa shape index (κ3) is 2.45. The molecule has 3 N–H and O–H groups in total. The summed E-state index contributed by atoms with van der Waals surface area (Å²) in [5.74, 6) is 7.76. The minimum Gasteiger partial charge on any atom is -0.308 e. The van der Waals surface area contributed by atoms with E-state index in [0.29, 0.717) is 11.8 Å². The number of nitrogens with one attached hydrogen (secondary N) is 1. The third-order valence-electron chi connectivity index (χ3n) is 2.38. The second kappa shape index (κ2) is 4.57. The molecule has 15 heavy (non-hydrogen) atoms. The van der Waals surface area contributed by atoms with Gasteiger partial charge in [-0.05, 0) is 12.8 Å². The van der Waals surface area contributed by atoms with E-state index in [-0.39, 0.29) is 0 Å². The molecule has 0 aliphatic rings. The Kier molecular flexibility index (Phi) is 3.63. The SMILES string of the molecule is Cc1nc(C(C)C)nc(NN)c1C(C)C. The van der Waals surface area contributed by atoms with Crippen molar-refractivity contribution in [3.8, 4) is 0 Å².